The van der Waals surface area contributed by atoms with Crippen LogP contribution < -0.4 is 5.32 Å². The van der Waals surface area contributed by atoms with Crippen LogP contribution in [0, 0.1) is 5.92 Å². The molecule has 1 fully saturated rings. The first-order valence-electron chi connectivity index (χ1n) is 5.81. The fraction of sp³-hybridized carbons (Fsp3) is 0.385. The molecule has 0 heterocycles. The van der Waals surface area contributed by atoms with Crippen LogP contribution in [0.25, 0.3) is 0 Å². The number of rotatable bonds is 4. The Kier molecular flexibility index (Phi) is 4.02. The van der Waals surface area contributed by atoms with Gasteiger partial charge in [0.25, 0.3) is 0 Å². The van der Waals surface area contributed by atoms with Crippen LogP contribution in [0.4, 0.5) is 5.69 Å². The summed E-state index contributed by atoms with van der Waals surface area (Å²) in [6, 6.07) is 6.47. The number of hydrogen-bond acceptors (Lipinski definition) is 3. The van der Waals surface area contributed by atoms with Gasteiger partial charge in [0.15, 0.2) is 0 Å². The number of esters is 1. The summed E-state index contributed by atoms with van der Waals surface area (Å²) in [6.45, 7) is 1.64. The van der Waals surface area contributed by atoms with Crippen molar-refractivity contribution in [2.75, 3.05) is 11.9 Å². The zero-order chi connectivity index (χ0) is 14.0. The quantitative estimate of drug-likeness (QED) is 0.687. The Morgan fingerprint density at radius 1 is 1.37 bits per heavy atom. The Hall–Kier alpha value is -1.26. The summed E-state index contributed by atoms with van der Waals surface area (Å²) in [7, 11) is 0. The summed E-state index contributed by atoms with van der Waals surface area (Å²) in [5, 5.41) is 2.62. The van der Waals surface area contributed by atoms with Crippen LogP contribution in [-0.2, 0) is 9.53 Å². The minimum absolute atomic E-state index is 0.0124. The molecule has 2 rings (SSSR count). The molecule has 4 nitrogen and oxygen atoms in total. The van der Waals surface area contributed by atoms with Gasteiger partial charge in [-0.25, -0.2) is 4.79 Å². The number of carbonyl (C=O) groups is 2. The van der Waals surface area contributed by atoms with E-state index in [1.807, 2.05) is 0 Å². The maximum atomic E-state index is 11.7. The van der Waals surface area contributed by atoms with Gasteiger partial charge in [-0.1, -0.05) is 0 Å². The number of nitrogens with one attached hydrogen (secondary N) is 1. The molecule has 6 heteroatoms. The fourth-order valence-corrected chi connectivity index (χ4v) is 2.10. The second-order valence-corrected chi connectivity index (χ2v) is 6.06. The molecule has 0 bridgehead atoms. The van der Waals surface area contributed by atoms with Crippen molar-refractivity contribution in [3.63, 3.8) is 0 Å². The lowest BCUT2D eigenvalue weighted by molar-refractivity contribution is -0.114. The molecule has 1 aromatic carbocycles. The van der Waals surface area contributed by atoms with E-state index in [4.69, 9.17) is 27.9 Å². The molecule has 1 aliphatic carbocycles. The third-order valence-electron chi connectivity index (χ3n) is 2.81. The number of amides is 1. The predicted molar refractivity (Wildman–Crippen MR) is 73.6 cm³/mol. The number of halogens is 2. The normalized spacial score (nSPS) is 19.6. The average molecular weight is 302 g/mol. The van der Waals surface area contributed by atoms with Crippen molar-refractivity contribution < 1.29 is 14.3 Å². The molecule has 0 radical (unpaired) electrons. The van der Waals surface area contributed by atoms with Crippen LogP contribution in [0.1, 0.15) is 23.7 Å². The van der Waals surface area contributed by atoms with Crippen molar-refractivity contribution in [2.45, 2.75) is 17.7 Å². The third-order valence-corrected chi connectivity index (χ3v) is 3.74. The number of alkyl halides is 2. The highest BCUT2D eigenvalue weighted by Gasteiger charge is 2.52. The van der Waals surface area contributed by atoms with Crippen LogP contribution in [0.5, 0.6) is 0 Å². The second kappa shape index (κ2) is 5.39. The minimum atomic E-state index is -0.741. The number of ether oxygens (including phenoxy) is 1. The molecular formula is C13H13Cl2NO3. The molecule has 1 aliphatic rings. The Bertz CT molecular complexity index is 499. The van der Waals surface area contributed by atoms with E-state index in [0.29, 0.717) is 17.7 Å². The van der Waals surface area contributed by atoms with Gasteiger partial charge in [-0.05, 0) is 30.7 Å². The largest absolute Gasteiger partial charge is 0.462 e. The molecule has 0 spiro atoms. The maximum absolute atomic E-state index is 11.7. The molecule has 1 saturated carbocycles. The Morgan fingerprint density at radius 2 is 1.95 bits per heavy atom. The molecule has 1 aromatic rings. The first-order valence-corrected chi connectivity index (χ1v) is 6.57. The Morgan fingerprint density at radius 3 is 2.42 bits per heavy atom. The first kappa shape index (κ1) is 14.2. The highest BCUT2D eigenvalue weighted by Crippen LogP contribution is 2.53. The lowest BCUT2D eigenvalue weighted by Gasteiger charge is -2.06. The lowest BCUT2D eigenvalue weighted by Crippen LogP contribution is -2.10. The third kappa shape index (κ3) is 3.85. The highest BCUT2D eigenvalue weighted by molar-refractivity contribution is 6.50. The van der Waals surface area contributed by atoms with E-state index in [1.165, 1.54) is 6.92 Å². The SMILES string of the molecule is CC(=O)Nc1ccc(C(=O)OC[C@H]2CC2(Cl)Cl)cc1. The number of hydrogen-bond donors (Lipinski definition) is 1. The molecule has 102 valence electrons. The van der Waals surface area contributed by atoms with E-state index in [9.17, 15) is 9.59 Å². The molecule has 0 unspecified atom stereocenters. The van der Waals surface area contributed by atoms with Crippen LogP contribution >= 0.6 is 23.2 Å². The molecule has 0 aromatic heterocycles. The molecule has 0 aliphatic heterocycles. The Balaban J connectivity index is 1.87. The van der Waals surface area contributed by atoms with E-state index in [-0.39, 0.29) is 18.4 Å². The van der Waals surface area contributed by atoms with Gasteiger partial charge in [0, 0.05) is 18.5 Å². The van der Waals surface area contributed by atoms with Gasteiger partial charge in [0.05, 0.1) is 12.2 Å². The fourth-order valence-electron chi connectivity index (χ4n) is 1.60. The maximum Gasteiger partial charge on any atom is 0.338 e. The Labute approximate surface area is 121 Å². The van der Waals surface area contributed by atoms with Crippen molar-refractivity contribution in [3.05, 3.63) is 29.8 Å². The van der Waals surface area contributed by atoms with E-state index in [1.54, 1.807) is 24.3 Å². The summed E-state index contributed by atoms with van der Waals surface area (Å²) >= 11 is 11.7. The van der Waals surface area contributed by atoms with Gasteiger partial charge >= 0.3 is 5.97 Å². The molecular weight excluding hydrogens is 289 g/mol. The molecule has 1 amide bonds. The average Bonchev–Trinajstić information content (AvgIpc) is 2.94. The summed E-state index contributed by atoms with van der Waals surface area (Å²) < 4.78 is 4.37. The summed E-state index contributed by atoms with van der Waals surface area (Å²) in [6.07, 6.45) is 0.644. The summed E-state index contributed by atoms with van der Waals surface area (Å²) in [5.74, 6) is -0.575. The second-order valence-electron chi connectivity index (χ2n) is 4.52. The first-order chi connectivity index (χ1) is 8.88. The van der Waals surface area contributed by atoms with Gasteiger partial charge in [-0.15, -0.1) is 23.2 Å². The lowest BCUT2D eigenvalue weighted by atomic mass is 10.2. The minimum Gasteiger partial charge on any atom is -0.462 e. The van der Waals surface area contributed by atoms with E-state index < -0.39 is 10.3 Å². The van der Waals surface area contributed by atoms with Crippen molar-refractivity contribution in [1.29, 1.82) is 0 Å². The van der Waals surface area contributed by atoms with Crippen LogP contribution in [0.2, 0.25) is 0 Å². The number of anilines is 1. The molecule has 1 N–H and O–H groups in total. The molecule has 0 saturated heterocycles. The van der Waals surface area contributed by atoms with Crippen LogP contribution in [0.3, 0.4) is 0 Å². The zero-order valence-corrected chi connectivity index (χ0v) is 11.8. The molecule has 1 atom stereocenters. The number of carbonyl (C=O) groups excluding carboxylic acids is 2. The van der Waals surface area contributed by atoms with Gasteiger partial charge in [0.2, 0.25) is 5.91 Å². The predicted octanol–water partition coefficient (Wildman–Crippen LogP) is 3.00. The topological polar surface area (TPSA) is 55.4 Å². The highest BCUT2D eigenvalue weighted by atomic mass is 35.5. The zero-order valence-electron chi connectivity index (χ0n) is 10.3. The van der Waals surface area contributed by atoms with Gasteiger partial charge in [-0.2, -0.15) is 0 Å². The van der Waals surface area contributed by atoms with Crippen molar-refractivity contribution in [3.8, 4) is 0 Å². The van der Waals surface area contributed by atoms with Crippen molar-refractivity contribution in [1.82, 2.24) is 0 Å². The number of benzene rings is 1. The summed E-state index contributed by atoms with van der Waals surface area (Å²) in [5.41, 5.74) is 1.05. The van der Waals surface area contributed by atoms with Crippen LogP contribution in [-0.4, -0.2) is 22.8 Å². The standard InChI is InChI=1S/C13H13Cl2NO3/c1-8(17)16-11-4-2-9(3-5-11)12(18)19-7-10-6-13(10,14)15/h2-5,10H,6-7H2,1H3,(H,16,17)/t10-/m1/s1. The van der Waals surface area contributed by atoms with E-state index in [2.05, 4.69) is 5.32 Å². The van der Waals surface area contributed by atoms with Crippen LogP contribution in [0.15, 0.2) is 24.3 Å². The van der Waals surface area contributed by atoms with E-state index in [0.717, 1.165) is 0 Å². The van der Waals surface area contributed by atoms with Crippen molar-refractivity contribution >= 4 is 40.8 Å². The van der Waals surface area contributed by atoms with Gasteiger partial charge < -0.3 is 10.1 Å². The monoisotopic (exact) mass is 301 g/mol. The smallest absolute Gasteiger partial charge is 0.338 e. The van der Waals surface area contributed by atoms with Crippen molar-refractivity contribution in [2.24, 2.45) is 5.92 Å². The summed E-state index contributed by atoms with van der Waals surface area (Å²) in [4.78, 5) is 22.6. The van der Waals surface area contributed by atoms with Gasteiger partial charge in [-0.3, -0.25) is 4.79 Å². The van der Waals surface area contributed by atoms with E-state index >= 15 is 0 Å². The molecule has 19 heavy (non-hydrogen) atoms. The van der Waals surface area contributed by atoms with Gasteiger partial charge in [0.1, 0.15) is 4.33 Å².